The Balaban J connectivity index is 1.52. The summed E-state index contributed by atoms with van der Waals surface area (Å²) in [4.78, 5) is 48.0. The molecule has 0 amide bonds. The highest BCUT2D eigenvalue weighted by molar-refractivity contribution is 6.21. The molecule has 172 valence electrons. The third-order valence-electron chi connectivity index (χ3n) is 4.84. The zero-order valence-electron chi connectivity index (χ0n) is 16.8. The second kappa shape index (κ2) is 9.94. The Morgan fingerprint density at radius 1 is 1.41 bits per heavy atom. The number of aromatic amines is 1. The molecular weight excluding hydrogens is 450 g/mol. The van der Waals surface area contributed by atoms with Gasteiger partial charge in [-0.25, -0.2) is 9.59 Å². The van der Waals surface area contributed by atoms with E-state index in [4.69, 9.17) is 25.8 Å². The summed E-state index contributed by atoms with van der Waals surface area (Å²) in [5.41, 5.74) is -0.940. The first-order chi connectivity index (χ1) is 15.2. The van der Waals surface area contributed by atoms with E-state index in [0.29, 0.717) is 5.56 Å². The summed E-state index contributed by atoms with van der Waals surface area (Å²) in [5.74, 6) is 0. The number of nitro groups is 1. The molecule has 4 atom stereocenters. The van der Waals surface area contributed by atoms with Gasteiger partial charge in [-0.1, -0.05) is 18.2 Å². The van der Waals surface area contributed by atoms with Gasteiger partial charge in [0.15, 0.2) is 0 Å². The summed E-state index contributed by atoms with van der Waals surface area (Å²) >= 11 is 6.12. The first-order valence-electron chi connectivity index (χ1n) is 9.50. The number of hydrogen-bond donors (Lipinski definition) is 2. The van der Waals surface area contributed by atoms with E-state index in [-0.39, 0.29) is 30.9 Å². The molecule has 3 rings (SSSR count). The number of nitrogens with one attached hydrogen (secondary N) is 1. The Labute approximate surface area is 185 Å². The fraction of sp³-hybridized carbons (Fsp3) is 0.421. The van der Waals surface area contributed by atoms with Gasteiger partial charge < -0.3 is 19.3 Å². The highest BCUT2D eigenvalue weighted by Crippen LogP contribution is 2.30. The molecule has 0 spiro atoms. The zero-order valence-corrected chi connectivity index (χ0v) is 17.6. The van der Waals surface area contributed by atoms with Gasteiger partial charge in [0.25, 0.3) is 11.2 Å². The number of hydrogen-bond acceptors (Lipinski definition) is 9. The van der Waals surface area contributed by atoms with Crippen LogP contribution in [0.5, 0.6) is 0 Å². The van der Waals surface area contributed by atoms with Crippen molar-refractivity contribution >= 4 is 23.4 Å². The summed E-state index contributed by atoms with van der Waals surface area (Å²) in [7, 11) is 0. The van der Waals surface area contributed by atoms with Gasteiger partial charge in [-0.2, -0.15) is 0 Å². The maximum Gasteiger partial charge on any atom is 0.508 e. The number of aromatic nitrogens is 2. The molecule has 32 heavy (non-hydrogen) atoms. The molecule has 1 saturated heterocycles. The lowest BCUT2D eigenvalue weighted by Gasteiger charge is -2.16. The van der Waals surface area contributed by atoms with Crippen LogP contribution < -0.4 is 11.2 Å². The first kappa shape index (κ1) is 23.4. The number of alkyl halides is 1. The normalized spacial score (nSPS) is 21.2. The Kier molecular flexibility index (Phi) is 7.28. The maximum absolute atomic E-state index is 12.0. The Morgan fingerprint density at radius 2 is 2.12 bits per heavy atom. The molecule has 1 fully saturated rings. The van der Waals surface area contributed by atoms with E-state index in [2.05, 4.69) is 4.98 Å². The number of carbonyl (C=O) groups excluding carboxylic acids is 1. The van der Waals surface area contributed by atoms with E-state index in [1.54, 1.807) is 6.07 Å². The number of H-pyrrole nitrogens is 1. The van der Waals surface area contributed by atoms with Crippen molar-refractivity contribution in [3.63, 3.8) is 0 Å². The second-order valence-electron chi connectivity index (χ2n) is 7.07. The molecule has 1 aromatic heterocycles. The van der Waals surface area contributed by atoms with E-state index in [0.717, 1.165) is 4.57 Å². The maximum atomic E-state index is 12.0. The van der Waals surface area contributed by atoms with Crippen molar-refractivity contribution in [1.82, 2.24) is 9.55 Å². The average molecular weight is 470 g/mol. The van der Waals surface area contributed by atoms with Gasteiger partial charge >= 0.3 is 11.8 Å². The predicted octanol–water partition coefficient (Wildman–Crippen LogP) is 1.53. The van der Waals surface area contributed by atoms with E-state index < -0.39 is 46.1 Å². The van der Waals surface area contributed by atoms with Crippen LogP contribution in [0.3, 0.4) is 0 Å². The highest BCUT2D eigenvalue weighted by atomic mass is 35.5. The molecule has 0 bridgehead atoms. The molecule has 13 heteroatoms. The SMILES string of the molecule is Cc1cn([C@H]2CC(O)[C@@H](COC(=O)OCC(Cl)c3ccccc3[N+](=O)[O-])O2)c(=O)[nH]c1=O. The van der Waals surface area contributed by atoms with Gasteiger partial charge in [-0.15, -0.1) is 11.6 Å². The average Bonchev–Trinajstić information content (AvgIpc) is 3.13. The van der Waals surface area contributed by atoms with Crippen LogP contribution in [-0.2, 0) is 14.2 Å². The fourth-order valence-corrected chi connectivity index (χ4v) is 3.42. The van der Waals surface area contributed by atoms with Gasteiger partial charge in [0.05, 0.1) is 22.0 Å². The fourth-order valence-electron chi connectivity index (χ4n) is 3.18. The molecule has 2 heterocycles. The van der Waals surface area contributed by atoms with Crippen molar-refractivity contribution < 1.29 is 29.0 Å². The Hall–Kier alpha value is -3.22. The molecule has 0 aliphatic carbocycles. The van der Waals surface area contributed by atoms with E-state index in [1.807, 2.05) is 0 Å². The predicted molar refractivity (Wildman–Crippen MR) is 110 cm³/mol. The topological polar surface area (TPSA) is 163 Å². The Bertz CT molecular complexity index is 1120. The van der Waals surface area contributed by atoms with Crippen LogP contribution in [0.2, 0.25) is 0 Å². The number of rotatable bonds is 7. The van der Waals surface area contributed by atoms with E-state index in [1.165, 1.54) is 31.3 Å². The van der Waals surface area contributed by atoms with E-state index >= 15 is 0 Å². The minimum absolute atomic E-state index is 0.0376. The molecule has 0 radical (unpaired) electrons. The number of halogens is 1. The van der Waals surface area contributed by atoms with Crippen molar-refractivity contribution in [2.75, 3.05) is 13.2 Å². The van der Waals surface area contributed by atoms with Crippen molar-refractivity contribution in [3.8, 4) is 0 Å². The van der Waals surface area contributed by atoms with E-state index in [9.17, 15) is 29.6 Å². The number of aliphatic hydroxyl groups is 1. The number of ether oxygens (including phenoxy) is 3. The number of para-hydroxylation sites is 1. The van der Waals surface area contributed by atoms with Crippen molar-refractivity contribution in [2.24, 2.45) is 0 Å². The molecular formula is C19H20ClN3O9. The minimum Gasteiger partial charge on any atom is -0.432 e. The monoisotopic (exact) mass is 469 g/mol. The second-order valence-corrected chi connectivity index (χ2v) is 7.59. The number of benzene rings is 1. The van der Waals surface area contributed by atoms with Crippen molar-refractivity contribution in [3.05, 3.63) is 72.5 Å². The summed E-state index contributed by atoms with van der Waals surface area (Å²) in [6, 6.07) is 5.80. The van der Waals surface area contributed by atoms with Crippen LogP contribution in [0.4, 0.5) is 10.5 Å². The van der Waals surface area contributed by atoms with Crippen LogP contribution in [0.15, 0.2) is 40.1 Å². The van der Waals surface area contributed by atoms with Crippen LogP contribution in [0.1, 0.15) is 29.2 Å². The zero-order chi connectivity index (χ0) is 23.4. The molecule has 2 aromatic rings. The standard InChI is InChI=1S/C19H20ClN3O9/c1-10-7-22(18(26)21-17(10)25)16-6-14(24)15(32-16)9-31-19(27)30-8-12(20)11-4-2-3-5-13(11)23(28)29/h2-5,7,12,14-16,24H,6,8-9H2,1H3,(H,21,25,26)/t12?,14?,15-,16-/m1/s1. The lowest BCUT2D eigenvalue weighted by molar-refractivity contribution is -0.385. The molecule has 1 aliphatic rings. The van der Waals surface area contributed by atoms with Gasteiger partial charge in [0.2, 0.25) is 0 Å². The minimum atomic E-state index is -1.11. The molecule has 12 nitrogen and oxygen atoms in total. The van der Waals surface area contributed by atoms with Crippen molar-refractivity contribution in [2.45, 2.75) is 37.2 Å². The van der Waals surface area contributed by atoms with Crippen LogP contribution >= 0.6 is 11.6 Å². The molecule has 2 N–H and O–H groups in total. The number of aryl methyl sites for hydroxylation is 1. The number of carbonyl (C=O) groups is 1. The largest absolute Gasteiger partial charge is 0.508 e. The summed E-state index contributed by atoms with van der Waals surface area (Å²) < 4.78 is 16.6. The summed E-state index contributed by atoms with van der Waals surface area (Å²) in [5, 5.41) is 20.3. The lowest BCUT2D eigenvalue weighted by Crippen LogP contribution is -2.33. The number of nitrogens with zero attached hydrogens (tertiary/aromatic N) is 2. The van der Waals surface area contributed by atoms with Gasteiger partial charge in [0, 0.05) is 24.2 Å². The Morgan fingerprint density at radius 3 is 2.84 bits per heavy atom. The summed E-state index contributed by atoms with van der Waals surface area (Å²) in [6.45, 7) is 0.769. The molecule has 1 aliphatic heterocycles. The highest BCUT2D eigenvalue weighted by Gasteiger charge is 2.36. The van der Waals surface area contributed by atoms with Crippen LogP contribution in [0.25, 0.3) is 0 Å². The van der Waals surface area contributed by atoms with Crippen LogP contribution in [-0.4, -0.2) is 51.2 Å². The lowest BCUT2D eigenvalue weighted by atomic mass is 10.1. The quantitative estimate of drug-likeness (QED) is 0.265. The third kappa shape index (κ3) is 5.33. The number of aliphatic hydroxyl groups excluding tert-OH is 1. The van der Waals surface area contributed by atoms with Gasteiger partial charge in [-0.05, 0) is 6.92 Å². The van der Waals surface area contributed by atoms with Gasteiger partial charge in [0.1, 0.15) is 25.5 Å². The molecule has 0 saturated carbocycles. The smallest absolute Gasteiger partial charge is 0.432 e. The molecule has 2 unspecified atom stereocenters. The first-order valence-corrected chi connectivity index (χ1v) is 9.93. The van der Waals surface area contributed by atoms with Crippen LogP contribution in [0, 0.1) is 17.0 Å². The van der Waals surface area contributed by atoms with Crippen molar-refractivity contribution in [1.29, 1.82) is 0 Å². The molecule has 1 aromatic carbocycles. The number of nitro benzene ring substituents is 1. The van der Waals surface area contributed by atoms with Gasteiger partial charge in [-0.3, -0.25) is 24.5 Å². The summed E-state index contributed by atoms with van der Waals surface area (Å²) in [6.07, 6.45) is -2.59. The third-order valence-corrected chi connectivity index (χ3v) is 5.21.